The predicted molar refractivity (Wildman–Crippen MR) is 115 cm³/mol. The highest BCUT2D eigenvalue weighted by atomic mass is 16.5. The fraction of sp³-hybridized carbons (Fsp3) is 0.417. The molecule has 0 saturated carbocycles. The Morgan fingerprint density at radius 2 is 2.17 bits per heavy atom. The molecule has 30 heavy (non-hydrogen) atoms. The van der Waals surface area contributed by atoms with E-state index in [4.69, 9.17) is 14.2 Å². The second-order valence-electron chi connectivity index (χ2n) is 7.46. The van der Waals surface area contributed by atoms with E-state index in [0.717, 1.165) is 30.8 Å². The third-order valence-electron chi connectivity index (χ3n) is 5.11. The topological polar surface area (TPSA) is 60.9 Å². The Balaban J connectivity index is 1.73. The van der Waals surface area contributed by atoms with E-state index >= 15 is 0 Å². The van der Waals surface area contributed by atoms with Crippen molar-refractivity contribution in [3.8, 4) is 11.5 Å². The molecule has 0 bridgehead atoms. The van der Waals surface area contributed by atoms with Crippen molar-refractivity contribution in [2.45, 2.75) is 32.4 Å². The van der Waals surface area contributed by atoms with Gasteiger partial charge in [0.1, 0.15) is 0 Å². The molecule has 2 heterocycles. The number of amides is 1. The third-order valence-corrected chi connectivity index (χ3v) is 5.11. The molecule has 1 amide bonds. The summed E-state index contributed by atoms with van der Waals surface area (Å²) in [6, 6.07) is 9.69. The number of carbonyl (C=O) groups is 1. The van der Waals surface area contributed by atoms with Gasteiger partial charge in [0.2, 0.25) is 5.91 Å². The summed E-state index contributed by atoms with van der Waals surface area (Å²) in [6.07, 6.45) is 7.40. The highest BCUT2D eigenvalue weighted by Gasteiger charge is 2.19. The van der Waals surface area contributed by atoms with Crippen LogP contribution in [0.5, 0.6) is 11.5 Å². The quantitative estimate of drug-likeness (QED) is 0.524. The zero-order valence-electron chi connectivity index (χ0n) is 17.6. The van der Waals surface area contributed by atoms with Gasteiger partial charge in [-0.25, -0.2) is 0 Å². The lowest BCUT2D eigenvalue weighted by atomic mass is 10.1. The average molecular weight is 411 g/mol. The summed E-state index contributed by atoms with van der Waals surface area (Å²) in [5.74, 6) is 1.87. The minimum atomic E-state index is 0.0835. The van der Waals surface area contributed by atoms with Crippen molar-refractivity contribution in [3.63, 3.8) is 0 Å². The Kier molecular flexibility index (Phi) is 8.27. The maximum absolute atomic E-state index is 12.8. The van der Waals surface area contributed by atoms with E-state index < -0.39 is 0 Å². The van der Waals surface area contributed by atoms with E-state index in [2.05, 4.69) is 11.6 Å². The highest BCUT2D eigenvalue weighted by molar-refractivity contribution is 5.76. The molecule has 3 rings (SSSR count). The summed E-state index contributed by atoms with van der Waals surface area (Å²) in [4.78, 5) is 18.8. The lowest BCUT2D eigenvalue weighted by Crippen LogP contribution is -2.29. The van der Waals surface area contributed by atoms with Gasteiger partial charge in [0, 0.05) is 44.4 Å². The summed E-state index contributed by atoms with van der Waals surface area (Å²) in [5, 5.41) is 0. The molecule has 0 spiro atoms. The number of carbonyl (C=O) groups excluding carboxylic acids is 1. The molecular weight excluding hydrogens is 380 g/mol. The summed E-state index contributed by atoms with van der Waals surface area (Å²) in [5.41, 5.74) is 1.99. The Morgan fingerprint density at radius 1 is 1.30 bits per heavy atom. The van der Waals surface area contributed by atoms with Gasteiger partial charge >= 0.3 is 0 Å². The minimum Gasteiger partial charge on any atom is -0.493 e. The van der Waals surface area contributed by atoms with Gasteiger partial charge in [0.05, 0.1) is 20.3 Å². The van der Waals surface area contributed by atoms with Crippen LogP contribution in [0.25, 0.3) is 0 Å². The number of hydrogen-bond acceptors (Lipinski definition) is 5. The molecule has 1 aliphatic rings. The molecule has 1 fully saturated rings. The number of allylic oxidation sites excluding steroid dienone is 1. The van der Waals surface area contributed by atoms with E-state index in [1.54, 1.807) is 25.6 Å². The van der Waals surface area contributed by atoms with Gasteiger partial charge in [-0.2, -0.15) is 0 Å². The number of methoxy groups -OCH3 is 1. The fourth-order valence-electron chi connectivity index (χ4n) is 3.40. The number of nitrogens with zero attached hydrogens (tertiary/aromatic N) is 2. The minimum absolute atomic E-state index is 0.0835. The molecule has 2 aromatic rings. The summed E-state index contributed by atoms with van der Waals surface area (Å²) >= 11 is 0. The van der Waals surface area contributed by atoms with Crippen LogP contribution in [0.2, 0.25) is 0 Å². The molecule has 6 nitrogen and oxygen atoms in total. The van der Waals surface area contributed by atoms with Crippen molar-refractivity contribution in [2.24, 2.45) is 5.92 Å². The van der Waals surface area contributed by atoms with Crippen LogP contribution in [0.15, 0.2) is 55.4 Å². The van der Waals surface area contributed by atoms with E-state index in [-0.39, 0.29) is 5.91 Å². The second kappa shape index (κ2) is 11.4. The standard InChI is InChI=1S/C24H30N2O4/c1-3-4-7-24(27)26(16-20-6-5-11-25-14-20)15-19-8-9-22(28-2)23(13-19)30-18-21-10-12-29-17-21/h3,5-6,8-9,11,13-14,21H,1,4,7,10,12,15-18H2,2H3/t21-/m0/s1. The molecular formula is C24H30N2O4. The van der Waals surface area contributed by atoms with Gasteiger partial charge < -0.3 is 19.1 Å². The molecule has 1 atom stereocenters. The van der Waals surface area contributed by atoms with Gasteiger partial charge in [-0.15, -0.1) is 6.58 Å². The zero-order chi connectivity index (χ0) is 21.2. The molecule has 1 aromatic carbocycles. The first kappa shape index (κ1) is 21.8. The molecule has 160 valence electrons. The van der Waals surface area contributed by atoms with Crippen LogP contribution in [0, 0.1) is 5.92 Å². The van der Waals surface area contributed by atoms with E-state index in [9.17, 15) is 4.79 Å². The molecule has 0 aliphatic carbocycles. The van der Waals surface area contributed by atoms with E-state index in [0.29, 0.717) is 50.0 Å². The molecule has 0 radical (unpaired) electrons. The number of benzene rings is 1. The number of aromatic nitrogens is 1. The Labute approximate surface area is 178 Å². The largest absolute Gasteiger partial charge is 0.493 e. The van der Waals surface area contributed by atoms with Crippen LogP contribution in [0.3, 0.4) is 0 Å². The number of ether oxygens (including phenoxy) is 3. The van der Waals surface area contributed by atoms with Crippen molar-refractivity contribution >= 4 is 5.91 Å². The zero-order valence-corrected chi connectivity index (χ0v) is 17.6. The molecule has 1 aliphatic heterocycles. The summed E-state index contributed by atoms with van der Waals surface area (Å²) < 4.78 is 16.9. The van der Waals surface area contributed by atoms with Crippen LogP contribution >= 0.6 is 0 Å². The maximum Gasteiger partial charge on any atom is 0.223 e. The molecule has 6 heteroatoms. The van der Waals surface area contributed by atoms with Crippen molar-refractivity contribution < 1.29 is 19.0 Å². The first-order chi connectivity index (χ1) is 14.7. The Hall–Kier alpha value is -2.86. The van der Waals surface area contributed by atoms with Crippen molar-refractivity contribution in [3.05, 3.63) is 66.5 Å². The summed E-state index contributed by atoms with van der Waals surface area (Å²) in [6.45, 7) is 6.84. The number of rotatable bonds is 11. The molecule has 0 N–H and O–H groups in total. The van der Waals surface area contributed by atoms with Crippen LogP contribution < -0.4 is 9.47 Å². The smallest absolute Gasteiger partial charge is 0.223 e. The van der Waals surface area contributed by atoms with Crippen molar-refractivity contribution in [1.82, 2.24) is 9.88 Å². The van der Waals surface area contributed by atoms with Crippen LogP contribution in [0.4, 0.5) is 0 Å². The van der Waals surface area contributed by atoms with E-state index in [1.165, 1.54) is 0 Å². The SMILES string of the molecule is C=CCCC(=O)N(Cc1cccnc1)Cc1ccc(OC)c(OC[C@H]2CCOC2)c1. The second-order valence-corrected chi connectivity index (χ2v) is 7.46. The van der Waals surface area contributed by atoms with Crippen molar-refractivity contribution in [1.29, 1.82) is 0 Å². The van der Waals surface area contributed by atoms with Crippen LogP contribution in [-0.2, 0) is 22.6 Å². The van der Waals surface area contributed by atoms with Crippen LogP contribution in [-0.4, -0.2) is 42.7 Å². The van der Waals surface area contributed by atoms with Gasteiger partial charge in [-0.05, 0) is 42.2 Å². The first-order valence-corrected chi connectivity index (χ1v) is 10.3. The third kappa shape index (κ3) is 6.32. The van der Waals surface area contributed by atoms with Gasteiger partial charge in [0.15, 0.2) is 11.5 Å². The number of pyridine rings is 1. The van der Waals surface area contributed by atoms with Gasteiger partial charge in [0.25, 0.3) is 0 Å². The number of hydrogen-bond donors (Lipinski definition) is 0. The Morgan fingerprint density at radius 3 is 2.87 bits per heavy atom. The van der Waals surface area contributed by atoms with Crippen molar-refractivity contribution in [2.75, 3.05) is 26.9 Å². The highest BCUT2D eigenvalue weighted by Crippen LogP contribution is 2.30. The monoisotopic (exact) mass is 410 g/mol. The fourth-order valence-corrected chi connectivity index (χ4v) is 3.40. The predicted octanol–water partition coefficient (Wildman–Crippen LogP) is 4.00. The lowest BCUT2D eigenvalue weighted by Gasteiger charge is -2.23. The molecule has 1 aromatic heterocycles. The normalized spacial score (nSPS) is 15.6. The molecule has 0 unspecified atom stereocenters. The average Bonchev–Trinajstić information content (AvgIpc) is 3.30. The summed E-state index contributed by atoms with van der Waals surface area (Å²) in [7, 11) is 1.63. The lowest BCUT2D eigenvalue weighted by molar-refractivity contribution is -0.132. The van der Waals surface area contributed by atoms with E-state index in [1.807, 2.05) is 35.2 Å². The maximum atomic E-state index is 12.8. The molecule has 1 saturated heterocycles. The van der Waals surface area contributed by atoms with Gasteiger partial charge in [-0.1, -0.05) is 18.2 Å². The Bertz CT molecular complexity index is 819. The van der Waals surface area contributed by atoms with Gasteiger partial charge in [-0.3, -0.25) is 9.78 Å². The van der Waals surface area contributed by atoms with Crippen LogP contribution in [0.1, 0.15) is 30.4 Å². The first-order valence-electron chi connectivity index (χ1n) is 10.3.